The number of rotatable bonds is 5. The fourth-order valence-electron chi connectivity index (χ4n) is 2.32. The van der Waals surface area contributed by atoms with E-state index in [9.17, 15) is 0 Å². The molecule has 2 aromatic rings. The fourth-order valence-corrected chi connectivity index (χ4v) is 2.32. The molecule has 1 aromatic carbocycles. The third-order valence-electron chi connectivity index (χ3n) is 3.43. The number of fused-ring (bicyclic) bond motifs is 1. The van der Waals surface area contributed by atoms with E-state index in [0.717, 1.165) is 17.7 Å². The van der Waals surface area contributed by atoms with Gasteiger partial charge in [0.2, 0.25) is 0 Å². The van der Waals surface area contributed by atoms with Gasteiger partial charge >= 0.3 is 0 Å². The zero-order valence-electron chi connectivity index (χ0n) is 13.1. The Balaban J connectivity index is 2.41. The van der Waals surface area contributed by atoms with Crippen LogP contribution in [0.5, 0.6) is 5.75 Å². The van der Waals surface area contributed by atoms with Gasteiger partial charge in [-0.2, -0.15) is 0 Å². The molecule has 1 heterocycles. The lowest BCUT2D eigenvalue weighted by Gasteiger charge is -2.15. The molecule has 0 aliphatic heterocycles. The van der Waals surface area contributed by atoms with Crippen molar-refractivity contribution in [3.8, 4) is 5.75 Å². The smallest absolute Gasteiger partial charge is 0.129 e. The molecule has 0 saturated heterocycles. The summed E-state index contributed by atoms with van der Waals surface area (Å²) in [6, 6.07) is 4.33. The molecule has 0 radical (unpaired) electrons. The number of aryl methyl sites for hydroxylation is 1. The average molecular weight is 272 g/mol. The maximum Gasteiger partial charge on any atom is 0.129 e. The number of pyridine rings is 1. The van der Waals surface area contributed by atoms with Crippen molar-refractivity contribution in [2.24, 2.45) is 0 Å². The van der Waals surface area contributed by atoms with Gasteiger partial charge in [0.25, 0.3) is 0 Å². The molecule has 1 aromatic heterocycles. The topological polar surface area (TPSA) is 25.4 Å². The lowest BCUT2D eigenvalue weighted by atomic mass is 9.97. The molecule has 0 aliphatic carbocycles. The van der Waals surface area contributed by atoms with Gasteiger partial charge in [0.1, 0.15) is 12.4 Å². The van der Waals surface area contributed by atoms with Gasteiger partial charge in [0, 0.05) is 24.3 Å². The van der Waals surface area contributed by atoms with Crippen molar-refractivity contribution in [1.29, 1.82) is 0 Å². The van der Waals surface area contributed by atoms with Gasteiger partial charge in [-0.25, -0.2) is 0 Å². The lowest BCUT2D eigenvalue weighted by molar-refractivity contribution is 0.263. The first-order chi connectivity index (χ1) is 9.49. The maximum absolute atomic E-state index is 5.96. The Kier molecular flexibility index (Phi) is 4.61. The Morgan fingerprint density at radius 2 is 1.90 bits per heavy atom. The van der Waals surface area contributed by atoms with E-state index in [4.69, 9.17) is 4.74 Å². The average Bonchev–Trinajstić information content (AvgIpc) is 2.37. The van der Waals surface area contributed by atoms with Gasteiger partial charge in [0.05, 0.1) is 0 Å². The standard InChI is InChI=1S/C17H24N2O/c1-12(2)15-10-18-11-16-14(15)8-13(3)9-17(16)20-7-6-19(4)5/h8-12H,6-7H2,1-5H3. The Morgan fingerprint density at radius 1 is 1.15 bits per heavy atom. The van der Waals surface area contributed by atoms with E-state index < -0.39 is 0 Å². The largest absolute Gasteiger partial charge is 0.492 e. The fraction of sp³-hybridized carbons (Fsp3) is 0.471. The van der Waals surface area contributed by atoms with Crippen molar-refractivity contribution in [1.82, 2.24) is 9.88 Å². The van der Waals surface area contributed by atoms with Crippen molar-refractivity contribution < 1.29 is 4.74 Å². The molecule has 0 aliphatic rings. The summed E-state index contributed by atoms with van der Waals surface area (Å²) in [5.74, 6) is 1.40. The molecule has 108 valence electrons. The van der Waals surface area contributed by atoms with Crippen LogP contribution in [0.25, 0.3) is 10.8 Å². The number of ether oxygens (including phenoxy) is 1. The monoisotopic (exact) mass is 272 g/mol. The summed E-state index contributed by atoms with van der Waals surface area (Å²) >= 11 is 0. The summed E-state index contributed by atoms with van der Waals surface area (Å²) in [6.45, 7) is 8.11. The summed E-state index contributed by atoms with van der Waals surface area (Å²) in [5, 5.41) is 2.37. The molecular weight excluding hydrogens is 248 g/mol. The second-order valence-electron chi connectivity index (χ2n) is 5.89. The van der Waals surface area contributed by atoms with Gasteiger partial charge in [-0.3, -0.25) is 4.98 Å². The van der Waals surface area contributed by atoms with Crippen LogP contribution < -0.4 is 4.74 Å². The van der Waals surface area contributed by atoms with Gasteiger partial charge in [0.15, 0.2) is 0 Å². The molecule has 3 nitrogen and oxygen atoms in total. The van der Waals surface area contributed by atoms with Crippen molar-refractivity contribution in [2.75, 3.05) is 27.2 Å². The summed E-state index contributed by atoms with van der Waals surface area (Å²) in [5.41, 5.74) is 2.51. The predicted molar refractivity (Wildman–Crippen MR) is 84.6 cm³/mol. The number of aromatic nitrogens is 1. The van der Waals surface area contributed by atoms with Crippen LogP contribution >= 0.6 is 0 Å². The summed E-state index contributed by atoms with van der Waals surface area (Å²) in [4.78, 5) is 6.50. The molecule has 0 amide bonds. The van der Waals surface area contributed by atoms with Crippen LogP contribution in [-0.2, 0) is 0 Å². The minimum Gasteiger partial charge on any atom is -0.492 e. The van der Waals surface area contributed by atoms with Gasteiger partial charge < -0.3 is 9.64 Å². The van der Waals surface area contributed by atoms with E-state index in [1.807, 2.05) is 12.4 Å². The molecule has 2 rings (SSSR count). The zero-order chi connectivity index (χ0) is 14.7. The highest BCUT2D eigenvalue weighted by atomic mass is 16.5. The van der Waals surface area contributed by atoms with E-state index in [1.165, 1.54) is 16.5 Å². The van der Waals surface area contributed by atoms with Crippen molar-refractivity contribution in [3.63, 3.8) is 0 Å². The van der Waals surface area contributed by atoms with Crippen molar-refractivity contribution in [2.45, 2.75) is 26.7 Å². The molecule has 20 heavy (non-hydrogen) atoms. The Labute approximate surface area is 121 Å². The second-order valence-corrected chi connectivity index (χ2v) is 5.89. The Bertz CT molecular complexity index is 591. The summed E-state index contributed by atoms with van der Waals surface area (Å²) in [7, 11) is 4.10. The molecule has 0 spiro atoms. The first kappa shape index (κ1) is 14.8. The molecule has 0 atom stereocenters. The summed E-state index contributed by atoms with van der Waals surface area (Å²) in [6.07, 6.45) is 3.88. The molecule has 0 unspecified atom stereocenters. The molecule has 0 N–H and O–H groups in total. The van der Waals surface area contributed by atoms with E-state index >= 15 is 0 Å². The van der Waals surface area contributed by atoms with E-state index in [-0.39, 0.29) is 0 Å². The van der Waals surface area contributed by atoms with Crippen LogP contribution in [0.15, 0.2) is 24.5 Å². The van der Waals surface area contributed by atoms with Crippen LogP contribution in [0.2, 0.25) is 0 Å². The number of hydrogen-bond acceptors (Lipinski definition) is 3. The first-order valence-corrected chi connectivity index (χ1v) is 7.15. The van der Waals surface area contributed by atoms with Crippen LogP contribution in [0.4, 0.5) is 0 Å². The highest BCUT2D eigenvalue weighted by Gasteiger charge is 2.10. The highest BCUT2D eigenvalue weighted by Crippen LogP contribution is 2.32. The third kappa shape index (κ3) is 3.28. The van der Waals surface area contributed by atoms with Crippen molar-refractivity contribution >= 4 is 10.8 Å². The Morgan fingerprint density at radius 3 is 2.55 bits per heavy atom. The van der Waals surface area contributed by atoms with Crippen LogP contribution in [0, 0.1) is 6.92 Å². The lowest BCUT2D eigenvalue weighted by Crippen LogP contribution is -2.19. The minimum atomic E-state index is 0.461. The number of nitrogens with zero attached hydrogens (tertiary/aromatic N) is 2. The maximum atomic E-state index is 5.96. The SMILES string of the molecule is Cc1cc(OCCN(C)C)c2cncc(C(C)C)c2c1. The predicted octanol–water partition coefficient (Wildman–Crippen LogP) is 3.61. The number of benzene rings is 1. The summed E-state index contributed by atoms with van der Waals surface area (Å²) < 4.78 is 5.96. The van der Waals surface area contributed by atoms with Gasteiger partial charge in [-0.15, -0.1) is 0 Å². The quantitative estimate of drug-likeness (QED) is 0.831. The van der Waals surface area contributed by atoms with Crippen LogP contribution in [-0.4, -0.2) is 37.1 Å². The minimum absolute atomic E-state index is 0.461. The molecule has 0 bridgehead atoms. The highest BCUT2D eigenvalue weighted by molar-refractivity contribution is 5.91. The second kappa shape index (κ2) is 6.23. The Hall–Kier alpha value is -1.61. The number of hydrogen-bond donors (Lipinski definition) is 0. The molecule has 3 heteroatoms. The molecular formula is C17H24N2O. The van der Waals surface area contributed by atoms with E-state index in [0.29, 0.717) is 12.5 Å². The number of likely N-dealkylation sites (N-methyl/N-ethyl adjacent to an activating group) is 1. The van der Waals surface area contributed by atoms with Crippen LogP contribution in [0.1, 0.15) is 30.9 Å². The van der Waals surface area contributed by atoms with E-state index in [1.54, 1.807) is 0 Å². The van der Waals surface area contributed by atoms with Gasteiger partial charge in [-0.1, -0.05) is 19.9 Å². The zero-order valence-corrected chi connectivity index (χ0v) is 13.1. The first-order valence-electron chi connectivity index (χ1n) is 7.15. The van der Waals surface area contributed by atoms with Crippen molar-refractivity contribution in [3.05, 3.63) is 35.7 Å². The normalized spacial score (nSPS) is 11.6. The molecule has 0 saturated carbocycles. The van der Waals surface area contributed by atoms with E-state index in [2.05, 4.69) is 56.9 Å². The van der Waals surface area contributed by atoms with Gasteiger partial charge in [-0.05, 0) is 49.5 Å². The molecule has 0 fully saturated rings. The van der Waals surface area contributed by atoms with Crippen LogP contribution in [0.3, 0.4) is 0 Å². The third-order valence-corrected chi connectivity index (χ3v) is 3.43.